The van der Waals surface area contributed by atoms with E-state index < -0.39 is 0 Å². The Hall–Kier alpha value is -2.86. The zero-order chi connectivity index (χ0) is 17.3. The highest BCUT2D eigenvalue weighted by atomic mass is 15.4. The van der Waals surface area contributed by atoms with E-state index in [-0.39, 0.29) is 0 Å². The van der Waals surface area contributed by atoms with Crippen molar-refractivity contribution in [1.29, 1.82) is 0 Å². The van der Waals surface area contributed by atoms with E-state index >= 15 is 0 Å². The lowest BCUT2D eigenvalue weighted by molar-refractivity contribution is 0.579. The smallest absolute Gasteiger partial charge is 0.0692 e. The first-order valence-corrected chi connectivity index (χ1v) is 8.57. The number of anilines is 2. The molecule has 130 valence electrons. The van der Waals surface area contributed by atoms with Crippen LogP contribution in [0.4, 0.5) is 11.4 Å². The minimum atomic E-state index is 0.764. The van der Waals surface area contributed by atoms with E-state index in [4.69, 9.17) is 0 Å². The van der Waals surface area contributed by atoms with Gasteiger partial charge in [-0.05, 0) is 36.8 Å². The Bertz CT molecular complexity index is 724. The van der Waals surface area contributed by atoms with Crippen LogP contribution in [0, 0.1) is 0 Å². The molecule has 3 rings (SSSR count). The van der Waals surface area contributed by atoms with Crippen molar-refractivity contribution >= 4 is 11.4 Å². The van der Waals surface area contributed by atoms with Gasteiger partial charge >= 0.3 is 0 Å². The lowest BCUT2D eigenvalue weighted by atomic mass is 10.2. The first-order chi connectivity index (χ1) is 12.3. The van der Waals surface area contributed by atoms with Crippen LogP contribution in [-0.4, -0.2) is 28.1 Å². The molecule has 6 heteroatoms. The van der Waals surface area contributed by atoms with Crippen LogP contribution >= 0.6 is 0 Å². The fourth-order valence-electron chi connectivity index (χ4n) is 2.64. The third-order valence-corrected chi connectivity index (χ3v) is 4.05. The molecule has 0 aliphatic rings. The van der Waals surface area contributed by atoms with E-state index in [0.717, 1.165) is 31.9 Å². The highest BCUT2D eigenvalue weighted by Crippen LogP contribution is 2.15. The third-order valence-electron chi connectivity index (χ3n) is 4.05. The summed E-state index contributed by atoms with van der Waals surface area (Å²) in [5.41, 5.74) is 9.96. The Kier molecular flexibility index (Phi) is 6.01. The predicted octanol–water partition coefficient (Wildman–Crippen LogP) is 2.92. The summed E-state index contributed by atoms with van der Waals surface area (Å²) in [6.45, 7) is 5.63. The van der Waals surface area contributed by atoms with Crippen molar-refractivity contribution in [2.24, 2.45) is 0 Å². The number of para-hydroxylation sites is 1. The van der Waals surface area contributed by atoms with E-state index in [1.165, 1.54) is 11.3 Å². The number of hydrazine groups is 1. The highest BCUT2D eigenvalue weighted by molar-refractivity contribution is 5.47. The Morgan fingerprint density at radius 1 is 1.04 bits per heavy atom. The molecule has 0 saturated heterocycles. The predicted molar refractivity (Wildman–Crippen MR) is 101 cm³/mol. The Balaban J connectivity index is 1.49. The maximum atomic E-state index is 4.01. The van der Waals surface area contributed by atoms with Gasteiger partial charge < -0.3 is 10.3 Å². The molecule has 0 saturated carbocycles. The molecule has 0 bridgehead atoms. The van der Waals surface area contributed by atoms with Crippen LogP contribution in [0.3, 0.4) is 0 Å². The molecule has 6 nitrogen and oxygen atoms in total. The molecule has 0 aliphatic carbocycles. The fourth-order valence-corrected chi connectivity index (χ4v) is 2.64. The van der Waals surface area contributed by atoms with Crippen molar-refractivity contribution in [2.75, 3.05) is 23.4 Å². The van der Waals surface area contributed by atoms with E-state index in [1.807, 2.05) is 41.2 Å². The lowest BCUT2D eigenvalue weighted by Gasteiger charge is -2.23. The Labute approximate surface area is 148 Å². The van der Waals surface area contributed by atoms with Crippen LogP contribution in [-0.2, 0) is 13.1 Å². The van der Waals surface area contributed by atoms with Gasteiger partial charge in [-0.25, -0.2) is 5.43 Å². The van der Waals surface area contributed by atoms with Crippen molar-refractivity contribution in [3.8, 4) is 0 Å². The molecule has 0 atom stereocenters. The second-order valence-corrected chi connectivity index (χ2v) is 5.76. The summed E-state index contributed by atoms with van der Waals surface area (Å²) in [4.78, 5) is 2.33. The zero-order valence-electron chi connectivity index (χ0n) is 14.5. The number of benzene rings is 2. The number of rotatable bonds is 9. The standard InChI is InChI=1S/C19H24N6/c1-2-24(14-15-25-13-12-20-23-25)19-10-8-17(9-11-19)16-21-22-18-6-4-3-5-7-18/h3-13,21-22H,2,14-16H2,1H3. The number of hydrogen-bond acceptors (Lipinski definition) is 5. The van der Waals surface area contributed by atoms with Gasteiger partial charge in [0.15, 0.2) is 0 Å². The first kappa shape index (κ1) is 17.0. The number of nitrogens with zero attached hydrogens (tertiary/aromatic N) is 4. The second kappa shape index (κ2) is 8.84. The summed E-state index contributed by atoms with van der Waals surface area (Å²) in [5, 5.41) is 7.86. The van der Waals surface area contributed by atoms with E-state index in [1.54, 1.807) is 6.20 Å². The van der Waals surface area contributed by atoms with Crippen molar-refractivity contribution in [1.82, 2.24) is 20.4 Å². The van der Waals surface area contributed by atoms with Crippen molar-refractivity contribution in [2.45, 2.75) is 20.0 Å². The molecular formula is C19H24N6. The monoisotopic (exact) mass is 336 g/mol. The Morgan fingerprint density at radius 2 is 1.84 bits per heavy atom. The van der Waals surface area contributed by atoms with E-state index in [0.29, 0.717) is 0 Å². The van der Waals surface area contributed by atoms with Crippen LogP contribution in [0.2, 0.25) is 0 Å². The second-order valence-electron chi connectivity index (χ2n) is 5.76. The van der Waals surface area contributed by atoms with Gasteiger partial charge in [0.1, 0.15) is 0 Å². The first-order valence-electron chi connectivity index (χ1n) is 8.57. The summed E-state index contributed by atoms with van der Waals surface area (Å²) in [6.07, 6.45) is 3.60. The molecular weight excluding hydrogens is 312 g/mol. The summed E-state index contributed by atoms with van der Waals surface area (Å²) < 4.78 is 1.86. The summed E-state index contributed by atoms with van der Waals surface area (Å²) in [5.74, 6) is 0. The quantitative estimate of drug-likeness (QED) is 0.589. The lowest BCUT2D eigenvalue weighted by Crippen LogP contribution is -2.27. The minimum Gasteiger partial charge on any atom is -0.370 e. The van der Waals surface area contributed by atoms with Gasteiger partial charge in [0, 0.05) is 37.2 Å². The zero-order valence-corrected chi connectivity index (χ0v) is 14.5. The molecule has 1 heterocycles. The molecule has 0 fully saturated rings. The van der Waals surface area contributed by atoms with Crippen molar-refractivity contribution in [3.63, 3.8) is 0 Å². The van der Waals surface area contributed by atoms with Crippen LogP contribution in [0.15, 0.2) is 67.0 Å². The van der Waals surface area contributed by atoms with Crippen LogP contribution < -0.4 is 15.8 Å². The molecule has 25 heavy (non-hydrogen) atoms. The van der Waals surface area contributed by atoms with Gasteiger partial charge in [0.05, 0.1) is 12.7 Å². The van der Waals surface area contributed by atoms with Gasteiger partial charge in [0.25, 0.3) is 0 Å². The average molecular weight is 336 g/mol. The van der Waals surface area contributed by atoms with Gasteiger partial charge in [-0.2, -0.15) is 0 Å². The Morgan fingerprint density at radius 3 is 2.52 bits per heavy atom. The topological polar surface area (TPSA) is 58.0 Å². The van der Waals surface area contributed by atoms with Gasteiger partial charge in [-0.1, -0.05) is 35.5 Å². The molecule has 1 aromatic heterocycles. The maximum Gasteiger partial charge on any atom is 0.0692 e. The van der Waals surface area contributed by atoms with Crippen LogP contribution in [0.5, 0.6) is 0 Å². The normalized spacial score (nSPS) is 10.6. The molecule has 0 radical (unpaired) electrons. The SMILES string of the molecule is CCN(CCn1ccnn1)c1ccc(CNNc2ccccc2)cc1. The molecule has 0 amide bonds. The number of hydrogen-bond donors (Lipinski definition) is 2. The summed E-state index contributed by atoms with van der Waals surface area (Å²) in [7, 11) is 0. The molecule has 0 aliphatic heterocycles. The molecule has 0 unspecified atom stereocenters. The summed E-state index contributed by atoms with van der Waals surface area (Å²) in [6, 6.07) is 18.8. The average Bonchev–Trinajstić information content (AvgIpc) is 3.18. The van der Waals surface area contributed by atoms with E-state index in [2.05, 4.69) is 57.3 Å². The van der Waals surface area contributed by atoms with Crippen LogP contribution in [0.1, 0.15) is 12.5 Å². The van der Waals surface area contributed by atoms with E-state index in [9.17, 15) is 0 Å². The third kappa shape index (κ3) is 5.06. The number of aromatic nitrogens is 3. The van der Waals surface area contributed by atoms with Gasteiger partial charge in [-0.3, -0.25) is 4.68 Å². The minimum absolute atomic E-state index is 0.764. The van der Waals surface area contributed by atoms with Crippen LogP contribution in [0.25, 0.3) is 0 Å². The molecule has 2 N–H and O–H groups in total. The molecule has 3 aromatic rings. The molecule has 0 spiro atoms. The largest absolute Gasteiger partial charge is 0.370 e. The van der Waals surface area contributed by atoms with Crippen molar-refractivity contribution < 1.29 is 0 Å². The van der Waals surface area contributed by atoms with Gasteiger partial charge in [-0.15, -0.1) is 5.10 Å². The number of likely N-dealkylation sites (N-methyl/N-ethyl adjacent to an activating group) is 1. The number of nitrogens with one attached hydrogen (secondary N) is 2. The van der Waals surface area contributed by atoms with Crippen molar-refractivity contribution in [3.05, 3.63) is 72.6 Å². The highest BCUT2D eigenvalue weighted by Gasteiger charge is 2.05. The summed E-state index contributed by atoms with van der Waals surface area (Å²) >= 11 is 0. The molecule has 2 aromatic carbocycles. The maximum absolute atomic E-state index is 4.01. The fraction of sp³-hybridized carbons (Fsp3) is 0.263. The van der Waals surface area contributed by atoms with Gasteiger partial charge in [0.2, 0.25) is 0 Å².